The molecule has 0 radical (unpaired) electrons. The molecule has 1 N–H and O–H groups in total. The maximum atomic E-state index is 12.3. The fourth-order valence-electron chi connectivity index (χ4n) is 3.25. The van der Waals surface area contributed by atoms with Gasteiger partial charge in [0.15, 0.2) is 0 Å². The van der Waals surface area contributed by atoms with Crippen molar-refractivity contribution < 1.29 is 13.2 Å². The maximum absolute atomic E-state index is 12.3. The van der Waals surface area contributed by atoms with Gasteiger partial charge >= 0.3 is 6.18 Å². The quantitative estimate of drug-likeness (QED) is 0.856. The SMILES string of the molecule is CN1CCCCC1CNC1CCN(CC(F)(F)F)CC1. The Morgan fingerprint density at radius 3 is 2.35 bits per heavy atom. The highest BCUT2D eigenvalue weighted by atomic mass is 19.4. The molecule has 118 valence electrons. The van der Waals surface area contributed by atoms with Gasteiger partial charge in [0.1, 0.15) is 0 Å². The van der Waals surface area contributed by atoms with Crippen molar-refractivity contribution in [3.8, 4) is 0 Å². The van der Waals surface area contributed by atoms with Gasteiger partial charge in [0.2, 0.25) is 0 Å². The van der Waals surface area contributed by atoms with Crippen LogP contribution in [-0.2, 0) is 0 Å². The Morgan fingerprint density at radius 1 is 1.05 bits per heavy atom. The van der Waals surface area contributed by atoms with Gasteiger partial charge in [-0.15, -0.1) is 0 Å². The molecule has 0 bridgehead atoms. The Bertz CT molecular complexity index is 288. The van der Waals surface area contributed by atoms with Crippen LogP contribution in [0, 0.1) is 0 Å². The molecule has 0 aromatic rings. The van der Waals surface area contributed by atoms with Gasteiger partial charge < -0.3 is 10.2 Å². The first kappa shape index (κ1) is 16.0. The average molecular weight is 293 g/mol. The summed E-state index contributed by atoms with van der Waals surface area (Å²) in [5.74, 6) is 0. The smallest absolute Gasteiger partial charge is 0.312 e. The van der Waals surface area contributed by atoms with Gasteiger partial charge in [-0.1, -0.05) is 6.42 Å². The van der Waals surface area contributed by atoms with Crippen molar-refractivity contribution in [2.45, 2.75) is 50.4 Å². The molecule has 0 aromatic heterocycles. The summed E-state index contributed by atoms with van der Waals surface area (Å²) in [6, 6.07) is 0.978. The molecular weight excluding hydrogens is 267 g/mol. The van der Waals surface area contributed by atoms with E-state index in [1.165, 1.54) is 24.2 Å². The van der Waals surface area contributed by atoms with Gasteiger partial charge in [0, 0.05) is 18.6 Å². The van der Waals surface area contributed by atoms with Gasteiger partial charge in [0.05, 0.1) is 6.54 Å². The molecule has 2 aliphatic rings. The number of alkyl halides is 3. The summed E-state index contributed by atoms with van der Waals surface area (Å²) in [5, 5.41) is 3.56. The zero-order chi connectivity index (χ0) is 14.6. The fourth-order valence-corrected chi connectivity index (χ4v) is 3.25. The first-order chi connectivity index (χ1) is 9.44. The summed E-state index contributed by atoms with van der Waals surface area (Å²) in [7, 11) is 2.16. The minimum absolute atomic E-state index is 0.384. The van der Waals surface area contributed by atoms with Crippen LogP contribution in [0.2, 0.25) is 0 Å². The Hall–Kier alpha value is -0.330. The number of piperidine rings is 2. The molecule has 0 amide bonds. The molecule has 0 aliphatic carbocycles. The topological polar surface area (TPSA) is 18.5 Å². The van der Waals surface area contributed by atoms with Crippen molar-refractivity contribution in [3.05, 3.63) is 0 Å². The molecule has 2 heterocycles. The number of hydrogen-bond acceptors (Lipinski definition) is 3. The van der Waals surface area contributed by atoms with Crippen LogP contribution in [0.4, 0.5) is 13.2 Å². The normalized spacial score (nSPS) is 27.9. The zero-order valence-corrected chi connectivity index (χ0v) is 12.3. The van der Waals surface area contributed by atoms with E-state index in [0.717, 1.165) is 25.9 Å². The van der Waals surface area contributed by atoms with Crippen molar-refractivity contribution in [2.75, 3.05) is 39.8 Å². The predicted octanol–water partition coefficient (Wildman–Crippen LogP) is 2.09. The fraction of sp³-hybridized carbons (Fsp3) is 1.00. The molecule has 6 heteroatoms. The van der Waals surface area contributed by atoms with Crippen LogP contribution in [0.25, 0.3) is 0 Å². The van der Waals surface area contributed by atoms with Gasteiger partial charge in [-0.2, -0.15) is 13.2 Å². The molecular formula is C14H26F3N3. The number of hydrogen-bond donors (Lipinski definition) is 1. The highest BCUT2D eigenvalue weighted by Gasteiger charge is 2.32. The number of nitrogens with one attached hydrogen (secondary N) is 1. The second-order valence-corrected chi connectivity index (χ2v) is 6.20. The predicted molar refractivity (Wildman–Crippen MR) is 73.8 cm³/mol. The number of halogens is 3. The number of rotatable bonds is 4. The van der Waals surface area contributed by atoms with E-state index in [2.05, 4.69) is 17.3 Å². The van der Waals surface area contributed by atoms with Crippen molar-refractivity contribution in [1.82, 2.24) is 15.1 Å². The van der Waals surface area contributed by atoms with Crippen LogP contribution in [0.3, 0.4) is 0 Å². The monoisotopic (exact) mass is 293 g/mol. The van der Waals surface area contributed by atoms with Crippen molar-refractivity contribution in [1.29, 1.82) is 0 Å². The molecule has 2 rings (SSSR count). The van der Waals surface area contributed by atoms with Gasteiger partial charge in [-0.25, -0.2) is 0 Å². The molecule has 1 atom stereocenters. The Kier molecular flexibility index (Phi) is 5.69. The van der Waals surface area contributed by atoms with Crippen LogP contribution in [-0.4, -0.2) is 67.8 Å². The van der Waals surface area contributed by atoms with E-state index in [4.69, 9.17) is 0 Å². The molecule has 1 unspecified atom stereocenters. The third-order valence-corrected chi connectivity index (χ3v) is 4.55. The second-order valence-electron chi connectivity index (χ2n) is 6.20. The molecule has 2 fully saturated rings. The lowest BCUT2D eigenvalue weighted by molar-refractivity contribution is -0.148. The summed E-state index contributed by atoms with van der Waals surface area (Å²) in [4.78, 5) is 3.92. The number of nitrogens with zero attached hydrogens (tertiary/aromatic N) is 2. The van der Waals surface area contributed by atoms with Gasteiger partial charge in [0.25, 0.3) is 0 Å². The molecule has 3 nitrogen and oxygen atoms in total. The van der Waals surface area contributed by atoms with E-state index in [9.17, 15) is 13.2 Å². The average Bonchev–Trinajstić information content (AvgIpc) is 2.38. The Balaban J connectivity index is 1.64. The van der Waals surface area contributed by atoms with Crippen LogP contribution in [0.15, 0.2) is 0 Å². The maximum Gasteiger partial charge on any atom is 0.401 e. The number of likely N-dealkylation sites (tertiary alicyclic amines) is 2. The lowest BCUT2D eigenvalue weighted by Gasteiger charge is -2.36. The molecule has 2 aliphatic heterocycles. The highest BCUT2D eigenvalue weighted by molar-refractivity contribution is 4.82. The summed E-state index contributed by atoms with van der Waals surface area (Å²) in [5.41, 5.74) is 0. The molecule has 0 aromatic carbocycles. The van der Waals surface area contributed by atoms with Crippen LogP contribution in [0.1, 0.15) is 32.1 Å². The van der Waals surface area contributed by atoms with E-state index in [1.54, 1.807) is 0 Å². The first-order valence-corrected chi connectivity index (χ1v) is 7.67. The van der Waals surface area contributed by atoms with E-state index >= 15 is 0 Å². The third kappa shape index (κ3) is 5.22. The third-order valence-electron chi connectivity index (χ3n) is 4.55. The minimum Gasteiger partial charge on any atom is -0.312 e. The Labute approximate surface area is 119 Å². The van der Waals surface area contributed by atoms with E-state index in [-0.39, 0.29) is 0 Å². The summed E-state index contributed by atoms with van der Waals surface area (Å²) >= 11 is 0. The molecule has 0 saturated carbocycles. The van der Waals surface area contributed by atoms with E-state index < -0.39 is 12.7 Å². The number of likely N-dealkylation sites (N-methyl/N-ethyl adjacent to an activating group) is 1. The standard InChI is InChI=1S/C14H26F3N3/c1-19-7-3-2-4-13(19)10-18-12-5-8-20(9-6-12)11-14(15,16)17/h12-13,18H,2-11H2,1H3. The second kappa shape index (κ2) is 7.09. The van der Waals surface area contributed by atoms with Crippen molar-refractivity contribution >= 4 is 0 Å². The highest BCUT2D eigenvalue weighted by Crippen LogP contribution is 2.20. The van der Waals surface area contributed by atoms with Crippen LogP contribution in [0.5, 0.6) is 0 Å². The van der Waals surface area contributed by atoms with E-state index in [0.29, 0.717) is 25.2 Å². The summed E-state index contributed by atoms with van der Waals surface area (Å²) in [6.45, 7) is 2.48. The van der Waals surface area contributed by atoms with Crippen LogP contribution < -0.4 is 5.32 Å². The van der Waals surface area contributed by atoms with Gasteiger partial charge in [-0.3, -0.25) is 4.90 Å². The van der Waals surface area contributed by atoms with Crippen LogP contribution >= 0.6 is 0 Å². The molecule has 0 spiro atoms. The lowest BCUT2D eigenvalue weighted by atomic mass is 10.0. The van der Waals surface area contributed by atoms with Crippen molar-refractivity contribution in [2.24, 2.45) is 0 Å². The first-order valence-electron chi connectivity index (χ1n) is 7.67. The molecule has 20 heavy (non-hydrogen) atoms. The van der Waals surface area contributed by atoms with Gasteiger partial charge in [-0.05, 0) is 52.4 Å². The Morgan fingerprint density at radius 2 is 1.75 bits per heavy atom. The summed E-state index contributed by atoms with van der Waals surface area (Å²) in [6.07, 6.45) is 1.39. The summed E-state index contributed by atoms with van der Waals surface area (Å²) < 4.78 is 36.9. The lowest BCUT2D eigenvalue weighted by Crippen LogP contribution is -2.49. The van der Waals surface area contributed by atoms with E-state index in [1.807, 2.05) is 0 Å². The van der Waals surface area contributed by atoms with Crippen molar-refractivity contribution in [3.63, 3.8) is 0 Å². The largest absolute Gasteiger partial charge is 0.401 e. The minimum atomic E-state index is -4.06. The molecule has 2 saturated heterocycles. The zero-order valence-electron chi connectivity index (χ0n) is 12.3.